The Labute approximate surface area is 177 Å². The van der Waals surface area contributed by atoms with Crippen LogP contribution in [0.4, 0.5) is 0 Å². The summed E-state index contributed by atoms with van der Waals surface area (Å²) in [6.45, 7) is 3.94. The van der Waals surface area contributed by atoms with E-state index in [1.165, 1.54) is 6.07 Å². The number of aryl methyl sites for hydroxylation is 2. The average Bonchev–Trinajstić information content (AvgIpc) is 3.17. The molecule has 2 N–H and O–H groups in total. The second kappa shape index (κ2) is 8.43. The maximum atomic E-state index is 12.3. The van der Waals surface area contributed by atoms with E-state index in [4.69, 9.17) is 9.15 Å². The summed E-state index contributed by atoms with van der Waals surface area (Å²) in [6, 6.07) is 12.3. The summed E-state index contributed by atoms with van der Waals surface area (Å²) in [5.74, 6) is -0.861. The van der Waals surface area contributed by atoms with E-state index in [-0.39, 0.29) is 31.2 Å². The maximum Gasteiger partial charge on any atom is 0.336 e. The molecule has 2 aromatic heterocycles. The molecule has 0 unspecified atom stereocenters. The van der Waals surface area contributed by atoms with Crippen LogP contribution in [0.5, 0.6) is 0 Å². The lowest BCUT2D eigenvalue weighted by Crippen LogP contribution is -2.27. The molecular formula is C23H21N3O5. The first-order valence-electron chi connectivity index (χ1n) is 9.83. The predicted octanol–water partition coefficient (Wildman–Crippen LogP) is 3.15. The second-order valence-electron chi connectivity index (χ2n) is 7.31. The topological polar surface area (TPSA) is 114 Å². The Morgan fingerprint density at radius 2 is 1.87 bits per heavy atom. The van der Waals surface area contributed by atoms with E-state index in [2.05, 4.69) is 15.5 Å². The molecule has 8 heteroatoms. The van der Waals surface area contributed by atoms with Crippen LogP contribution in [0, 0.1) is 13.8 Å². The van der Waals surface area contributed by atoms with Crippen molar-refractivity contribution in [1.29, 1.82) is 0 Å². The molecule has 0 saturated heterocycles. The molecule has 0 atom stereocenters. The summed E-state index contributed by atoms with van der Waals surface area (Å²) in [6.07, 6.45) is -0.00833. The zero-order valence-electron chi connectivity index (χ0n) is 17.2. The Bertz CT molecular complexity index is 1350. The van der Waals surface area contributed by atoms with E-state index in [1.54, 1.807) is 12.1 Å². The Morgan fingerprint density at radius 3 is 2.71 bits per heavy atom. The molecule has 0 bridgehead atoms. The van der Waals surface area contributed by atoms with Crippen molar-refractivity contribution in [2.45, 2.75) is 26.9 Å². The van der Waals surface area contributed by atoms with Crippen LogP contribution in [0.2, 0.25) is 0 Å². The summed E-state index contributed by atoms with van der Waals surface area (Å²) in [4.78, 5) is 36.3. The Kier molecular flexibility index (Phi) is 5.53. The van der Waals surface area contributed by atoms with Crippen molar-refractivity contribution in [3.05, 3.63) is 75.3 Å². The first-order chi connectivity index (χ1) is 14.9. The first-order valence-corrected chi connectivity index (χ1v) is 9.83. The van der Waals surface area contributed by atoms with Gasteiger partial charge in [-0.1, -0.05) is 18.2 Å². The van der Waals surface area contributed by atoms with Crippen LogP contribution in [0.3, 0.4) is 0 Å². The van der Waals surface area contributed by atoms with E-state index in [9.17, 15) is 14.4 Å². The fourth-order valence-corrected chi connectivity index (χ4v) is 3.33. The van der Waals surface area contributed by atoms with Crippen LogP contribution in [-0.2, 0) is 16.1 Å². The van der Waals surface area contributed by atoms with E-state index < -0.39 is 11.6 Å². The molecule has 31 heavy (non-hydrogen) atoms. The number of carbonyl (C=O) groups is 2. The molecule has 0 aliphatic carbocycles. The SMILES string of the molecule is Cc1cc2oc(=O)cc(COC(=O)CCNC(=O)c3n[nH]c4ccccc34)c2cc1C. The highest BCUT2D eigenvalue weighted by Gasteiger charge is 2.15. The standard InChI is InChI=1S/C23H21N3O5/c1-13-9-17-15(11-21(28)31-19(17)10-14(13)2)12-30-20(27)7-8-24-23(29)22-16-5-3-4-6-18(16)25-26-22/h3-6,9-11H,7-8,12H2,1-2H3,(H,24,29)(H,25,26). The van der Waals surface area contributed by atoms with Crippen LogP contribution in [0.1, 0.15) is 33.6 Å². The highest BCUT2D eigenvalue weighted by Crippen LogP contribution is 2.22. The fraction of sp³-hybridized carbons (Fsp3) is 0.217. The van der Waals surface area contributed by atoms with Crippen LogP contribution in [0.25, 0.3) is 21.9 Å². The lowest BCUT2D eigenvalue weighted by Gasteiger charge is -2.09. The van der Waals surface area contributed by atoms with Crippen LogP contribution < -0.4 is 10.9 Å². The normalized spacial score (nSPS) is 11.0. The lowest BCUT2D eigenvalue weighted by molar-refractivity contribution is -0.144. The summed E-state index contributed by atoms with van der Waals surface area (Å²) in [7, 11) is 0. The van der Waals surface area contributed by atoms with Gasteiger partial charge in [0.25, 0.3) is 5.91 Å². The number of para-hydroxylation sites is 1. The highest BCUT2D eigenvalue weighted by atomic mass is 16.5. The van der Waals surface area contributed by atoms with E-state index >= 15 is 0 Å². The maximum absolute atomic E-state index is 12.3. The van der Waals surface area contributed by atoms with Gasteiger partial charge in [-0.2, -0.15) is 5.10 Å². The smallest absolute Gasteiger partial charge is 0.336 e. The lowest BCUT2D eigenvalue weighted by atomic mass is 10.0. The molecule has 8 nitrogen and oxygen atoms in total. The number of hydrogen-bond donors (Lipinski definition) is 2. The van der Waals surface area contributed by atoms with Gasteiger partial charge in [0.2, 0.25) is 0 Å². The third-order valence-corrected chi connectivity index (χ3v) is 5.13. The number of esters is 1. The summed E-state index contributed by atoms with van der Waals surface area (Å²) >= 11 is 0. The van der Waals surface area contributed by atoms with Gasteiger partial charge in [-0.15, -0.1) is 0 Å². The fourth-order valence-electron chi connectivity index (χ4n) is 3.33. The number of benzene rings is 2. The van der Waals surface area contributed by atoms with Gasteiger partial charge in [0, 0.05) is 28.9 Å². The van der Waals surface area contributed by atoms with Crippen molar-refractivity contribution >= 4 is 33.7 Å². The molecule has 0 spiro atoms. The molecule has 1 amide bonds. The molecule has 158 valence electrons. The van der Waals surface area contributed by atoms with Crippen LogP contribution in [-0.4, -0.2) is 28.6 Å². The Hall–Kier alpha value is -3.94. The first kappa shape index (κ1) is 20.3. The number of fused-ring (bicyclic) bond motifs is 2. The summed E-state index contributed by atoms with van der Waals surface area (Å²) in [5, 5.41) is 10.9. The molecule has 0 aliphatic heterocycles. The molecule has 0 aliphatic rings. The van der Waals surface area contributed by atoms with Gasteiger partial charge < -0.3 is 14.5 Å². The molecule has 2 heterocycles. The molecule has 0 fully saturated rings. The van der Waals surface area contributed by atoms with E-state index in [0.717, 1.165) is 22.0 Å². The van der Waals surface area contributed by atoms with Crippen LogP contribution in [0.15, 0.2) is 51.7 Å². The van der Waals surface area contributed by atoms with Gasteiger partial charge in [-0.3, -0.25) is 14.7 Å². The number of rotatable bonds is 6. The van der Waals surface area contributed by atoms with Gasteiger partial charge in [0.05, 0.1) is 11.9 Å². The predicted molar refractivity (Wildman–Crippen MR) is 115 cm³/mol. The van der Waals surface area contributed by atoms with Gasteiger partial charge in [0.1, 0.15) is 12.2 Å². The molecule has 0 radical (unpaired) electrons. The largest absolute Gasteiger partial charge is 0.461 e. The number of hydrogen-bond acceptors (Lipinski definition) is 6. The van der Waals surface area contributed by atoms with Crippen molar-refractivity contribution in [1.82, 2.24) is 15.5 Å². The second-order valence-corrected chi connectivity index (χ2v) is 7.31. The van der Waals surface area contributed by atoms with Crippen molar-refractivity contribution in [3.8, 4) is 0 Å². The zero-order valence-corrected chi connectivity index (χ0v) is 17.2. The molecule has 0 saturated carbocycles. The molecule has 2 aromatic carbocycles. The quantitative estimate of drug-likeness (QED) is 0.367. The van der Waals surface area contributed by atoms with E-state index in [0.29, 0.717) is 16.5 Å². The number of H-pyrrole nitrogens is 1. The van der Waals surface area contributed by atoms with Gasteiger partial charge in [0.15, 0.2) is 5.69 Å². The number of carbonyl (C=O) groups excluding carboxylic acids is 2. The van der Waals surface area contributed by atoms with Crippen molar-refractivity contribution < 1.29 is 18.7 Å². The van der Waals surface area contributed by atoms with Crippen molar-refractivity contribution in [2.24, 2.45) is 0 Å². The third kappa shape index (κ3) is 4.32. The Balaban J connectivity index is 1.35. The van der Waals surface area contributed by atoms with Crippen molar-refractivity contribution in [2.75, 3.05) is 6.54 Å². The number of amides is 1. The number of nitrogens with zero attached hydrogens (tertiary/aromatic N) is 1. The number of nitrogens with one attached hydrogen (secondary N) is 2. The number of aromatic amines is 1. The highest BCUT2D eigenvalue weighted by molar-refractivity contribution is 6.04. The summed E-state index contributed by atoms with van der Waals surface area (Å²) in [5.41, 5.74) is 3.62. The number of ether oxygens (including phenoxy) is 1. The van der Waals surface area contributed by atoms with Gasteiger partial charge in [-0.25, -0.2) is 4.79 Å². The third-order valence-electron chi connectivity index (χ3n) is 5.13. The van der Waals surface area contributed by atoms with Crippen LogP contribution >= 0.6 is 0 Å². The monoisotopic (exact) mass is 419 g/mol. The average molecular weight is 419 g/mol. The van der Waals surface area contributed by atoms with Gasteiger partial charge in [-0.05, 0) is 43.2 Å². The molecule has 4 aromatic rings. The summed E-state index contributed by atoms with van der Waals surface area (Å²) < 4.78 is 10.6. The minimum Gasteiger partial charge on any atom is -0.461 e. The zero-order chi connectivity index (χ0) is 22.0. The molecular weight excluding hydrogens is 398 g/mol. The Morgan fingerprint density at radius 1 is 1.10 bits per heavy atom. The number of aromatic nitrogens is 2. The minimum atomic E-state index is -0.500. The minimum absolute atomic E-state index is 0.00833. The van der Waals surface area contributed by atoms with E-state index in [1.807, 2.05) is 38.1 Å². The molecule has 4 rings (SSSR count). The van der Waals surface area contributed by atoms with Gasteiger partial charge >= 0.3 is 11.6 Å². The van der Waals surface area contributed by atoms with Crippen molar-refractivity contribution in [3.63, 3.8) is 0 Å².